The summed E-state index contributed by atoms with van der Waals surface area (Å²) >= 11 is 1.45. The van der Waals surface area contributed by atoms with Gasteiger partial charge in [-0.3, -0.25) is 19.3 Å². The summed E-state index contributed by atoms with van der Waals surface area (Å²) in [5.41, 5.74) is 1.07. The summed E-state index contributed by atoms with van der Waals surface area (Å²) < 4.78 is 16.2. The molecule has 2 aliphatic rings. The number of halogens is 1. The first-order valence-electron chi connectivity index (χ1n) is 14.2. The number of carboxylic acid groups (broad SMARTS) is 1. The Morgan fingerprint density at radius 1 is 1.00 bits per heavy atom. The number of benzene rings is 1. The molecule has 5 atom stereocenters. The molecule has 0 unspecified atom stereocenters. The summed E-state index contributed by atoms with van der Waals surface area (Å²) in [5.74, 6) is -2.92. The van der Waals surface area contributed by atoms with Gasteiger partial charge in [-0.25, -0.2) is 9.59 Å². The largest absolute Gasteiger partial charge is 0.479 e. The lowest BCUT2D eigenvalue weighted by molar-refractivity contribution is -0.870. The van der Waals surface area contributed by atoms with Gasteiger partial charge in [-0.05, 0) is 24.5 Å². The van der Waals surface area contributed by atoms with Crippen LogP contribution in [0, 0.1) is 0 Å². The van der Waals surface area contributed by atoms with E-state index in [0.717, 1.165) is 23.6 Å². The number of carbonyl (C=O) groups excluding carboxylic acids is 4. The molecule has 2 aliphatic heterocycles. The second-order valence-electron chi connectivity index (χ2n) is 11.8. The Morgan fingerprint density at radius 3 is 2.24 bits per heavy atom. The van der Waals surface area contributed by atoms with Gasteiger partial charge >= 0.3 is 9.95 Å². The highest BCUT2D eigenvalue weighted by Crippen LogP contribution is 2.29. The van der Waals surface area contributed by atoms with Crippen LogP contribution in [0.15, 0.2) is 30.4 Å². The van der Waals surface area contributed by atoms with Crippen LogP contribution in [-0.2, 0) is 41.7 Å². The molecule has 3 rings (SSSR count). The first-order chi connectivity index (χ1) is 21.1. The third-order valence-electron chi connectivity index (χ3n) is 7.23. The predicted octanol–water partition coefficient (Wildman–Crippen LogP) is -0.188. The maximum absolute atomic E-state index is 13.2. The molecule has 1 fully saturated rings. The molecule has 16 heteroatoms. The lowest BCUT2D eigenvalue weighted by Crippen LogP contribution is -2.61. The maximum Gasteiger partial charge on any atom is 0.367 e. The number of aliphatic hydroxyl groups is 3. The van der Waals surface area contributed by atoms with Crippen LogP contribution in [0.2, 0.25) is 0 Å². The van der Waals surface area contributed by atoms with Crippen molar-refractivity contribution >= 4 is 50.3 Å². The van der Waals surface area contributed by atoms with E-state index in [4.69, 9.17) is 14.2 Å². The van der Waals surface area contributed by atoms with Crippen LogP contribution in [-0.4, -0.2) is 140 Å². The smallest absolute Gasteiger partial charge is 0.367 e. The Labute approximate surface area is 273 Å². The molecule has 0 aromatic heterocycles. The molecule has 2 heterocycles. The number of carboxylic acids is 1. The van der Waals surface area contributed by atoms with Gasteiger partial charge in [-0.2, -0.15) is 0 Å². The average molecular weight is 749 g/mol. The summed E-state index contributed by atoms with van der Waals surface area (Å²) in [6, 6.07) is 4.94. The number of imide groups is 1. The fourth-order valence-corrected chi connectivity index (χ4v) is 4.94. The Hall–Kier alpha value is -3.16. The molecule has 45 heavy (non-hydrogen) atoms. The molecular formula is C29H39IN3O12+. The monoisotopic (exact) mass is 748 g/mol. The standard InChI is InChI=1S/C29H38IN3O12/c1-33(2,3)13-5-12-31(22(36)15-32-20(34)9-10-21(32)35)11-4-6-17-7-8-18(16-43-29(30)42)19(14-17)44-28-25(39)23(37)24(38)26(45-28)27(40)41/h7-10,14,23-26,28,37-39H,4-6,11-13,15-16H2,1-3H3/p+1/t23-,24-,25+,26-,28+/m0/s1. The molecule has 0 spiro atoms. The van der Waals surface area contributed by atoms with Crippen LogP contribution in [0.3, 0.4) is 0 Å². The van der Waals surface area contributed by atoms with Crippen LogP contribution in [0.1, 0.15) is 24.0 Å². The van der Waals surface area contributed by atoms with E-state index in [1.54, 1.807) is 23.1 Å². The van der Waals surface area contributed by atoms with Crippen LogP contribution >= 0.6 is 22.6 Å². The van der Waals surface area contributed by atoms with Gasteiger partial charge in [-0.15, -0.1) is 0 Å². The molecule has 0 bridgehead atoms. The van der Waals surface area contributed by atoms with Crippen LogP contribution in [0.4, 0.5) is 4.79 Å². The Balaban J connectivity index is 1.74. The van der Waals surface area contributed by atoms with Gasteiger partial charge in [0.05, 0.1) is 50.3 Å². The normalized spacial score (nSPS) is 23.3. The summed E-state index contributed by atoms with van der Waals surface area (Å²) in [6.07, 6.45) is -5.24. The molecule has 0 saturated carbocycles. The van der Waals surface area contributed by atoms with Gasteiger partial charge < -0.3 is 44.0 Å². The second-order valence-corrected chi connectivity index (χ2v) is 12.6. The number of rotatable bonds is 15. The van der Waals surface area contributed by atoms with E-state index < -0.39 is 52.5 Å². The third kappa shape index (κ3) is 10.4. The first kappa shape index (κ1) is 36.3. The predicted molar refractivity (Wildman–Crippen MR) is 164 cm³/mol. The van der Waals surface area contributed by atoms with Gasteiger partial charge in [0.15, 0.2) is 6.10 Å². The Morgan fingerprint density at radius 2 is 1.64 bits per heavy atom. The first-order valence-corrected chi connectivity index (χ1v) is 15.3. The summed E-state index contributed by atoms with van der Waals surface area (Å²) in [5, 5.41) is 40.0. The van der Waals surface area contributed by atoms with Gasteiger partial charge in [-0.1, -0.05) is 12.1 Å². The van der Waals surface area contributed by atoms with Crippen molar-refractivity contribution in [2.45, 2.75) is 56.6 Å². The zero-order valence-corrected chi connectivity index (χ0v) is 27.4. The number of hydrogen-bond donors (Lipinski definition) is 4. The minimum Gasteiger partial charge on any atom is -0.479 e. The van der Waals surface area contributed by atoms with Crippen molar-refractivity contribution in [3.63, 3.8) is 0 Å². The average Bonchev–Trinajstić information content (AvgIpc) is 3.27. The number of aryl methyl sites for hydroxylation is 1. The lowest BCUT2D eigenvalue weighted by atomic mass is 9.99. The Bertz CT molecular complexity index is 1280. The minimum atomic E-state index is -1.89. The van der Waals surface area contributed by atoms with E-state index in [0.29, 0.717) is 48.0 Å². The number of ether oxygens (including phenoxy) is 3. The number of aliphatic carboxylic acids is 1. The van der Waals surface area contributed by atoms with Gasteiger partial charge in [0.2, 0.25) is 12.2 Å². The van der Waals surface area contributed by atoms with E-state index in [2.05, 4.69) is 0 Å². The number of nitrogens with zero attached hydrogens (tertiary/aromatic N) is 3. The molecule has 1 saturated heterocycles. The number of amides is 3. The molecule has 4 N–H and O–H groups in total. The van der Waals surface area contributed by atoms with Crippen molar-refractivity contribution in [1.29, 1.82) is 0 Å². The summed E-state index contributed by atoms with van der Waals surface area (Å²) in [7, 11) is 6.10. The van der Waals surface area contributed by atoms with E-state index in [9.17, 15) is 44.4 Å². The molecule has 3 amide bonds. The lowest BCUT2D eigenvalue weighted by Gasteiger charge is -2.38. The van der Waals surface area contributed by atoms with Crippen molar-refractivity contribution in [3.8, 4) is 5.75 Å². The van der Waals surface area contributed by atoms with Crippen molar-refractivity contribution in [2.75, 3.05) is 47.3 Å². The van der Waals surface area contributed by atoms with Gasteiger partial charge in [0, 0.05) is 37.2 Å². The third-order valence-corrected chi connectivity index (χ3v) is 7.54. The Kier molecular flexibility index (Phi) is 12.8. The minimum absolute atomic E-state index is 0.0800. The maximum atomic E-state index is 13.2. The fraction of sp³-hybridized carbons (Fsp3) is 0.552. The molecule has 248 valence electrons. The topological polar surface area (TPSA) is 200 Å². The molecule has 0 radical (unpaired) electrons. The molecular weight excluding hydrogens is 709 g/mol. The van der Waals surface area contributed by atoms with Crippen LogP contribution < -0.4 is 4.74 Å². The highest BCUT2D eigenvalue weighted by atomic mass is 127. The van der Waals surface area contributed by atoms with Gasteiger partial charge in [0.1, 0.15) is 37.2 Å². The van der Waals surface area contributed by atoms with Crippen molar-refractivity contribution < 1.29 is 63.1 Å². The number of carbonyl (C=O) groups is 5. The summed E-state index contributed by atoms with van der Waals surface area (Å²) in [4.78, 5) is 62.6. The van der Waals surface area contributed by atoms with Gasteiger partial charge in [0.25, 0.3) is 11.8 Å². The fourth-order valence-electron chi connectivity index (χ4n) is 4.79. The number of aliphatic hydroxyl groups excluding tert-OH is 3. The number of hydrogen-bond acceptors (Lipinski definition) is 11. The summed E-state index contributed by atoms with van der Waals surface area (Å²) in [6.45, 7) is 0.950. The molecule has 0 aliphatic carbocycles. The van der Waals surface area contributed by atoms with E-state index in [1.807, 2.05) is 21.1 Å². The SMILES string of the molecule is C[N+](C)(C)CCCN(CCCc1ccc(COC(=O)I)c(O[C@@H]2O[C@H](C(=O)O)[C@@H](O)[C@H](O)[C@H]2O)c1)C(=O)CN1C(=O)C=CC1=O. The van der Waals surface area contributed by atoms with Crippen molar-refractivity contribution in [2.24, 2.45) is 0 Å². The quantitative estimate of drug-likeness (QED) is 0.0800. The zero-order valence-electron chi connectivity index (χ0n) is 25.2. The molecule has 15 nitrogen and oxygen atoms in total. The second kappa shape index (κ2) is 15.9. The van der Waals surface area contributed by atoms with Crippen LogP contribution in [0.25, 0.3) is 0 Å². The zero-order chi connectivity index (χ0) is 33.5. The van der Waals surface area contributed by atoms with E-state index in [-0.39, 0.29) is 24.8 Å². The molecule has 1 aromatic rings. The van der Waals surface area contributed by atoms with Crippen LogP contribution in [0.5, 0.6) is 5.75 Å². The highest BCUT2D eigenvalue weighted by Gasteiger charge is 2.48. The molecule has 1 aromatic carbocycles. The van der Waals surface area contributed by atoms with Crippen molar-refractivity contribution in [3.05, 3.63) is 41.5 Å². The highest BCUT2D eigenvalue weighted by molar-refractivity contribution is 14.1. The van der Waals surface area contributed by atoms with E-state index >= 15 is 0 Å². The van der Waals surface area contributed by atoms with E-state index in [1.165, 1.54) is 22.6 Å². The van der Waals surface area contributed by atoms with Crippen molar-refractivity contribution in [1.82, 2.24) is 9.80 Å². The number of quaternary nitrogens is 1.